The summed E-state index contributed by atoms with van der Waals surface area (Å²) in [5.41, 5.74) is 4.06. The number of aromatic nitrogens is 1. The van der Waals surface area contributed by atoms with Crippen LogP contribution in [0.5, 0.6) is 0 Å². The zero-order valence-electron chi connectivity index (χ0n) is 12.4. The lowest BCUT2D eigenvalue weighted by Crippen LogP contribution is -2.31. The van der Waals surface area contributed by atoms with Crippen LogP contribution in [0.1, 0.15) is 48.7 Å². The van der Waals surface area contributed by atoms with Crippen LogP contribution in [0.15, 0.2) is 12.1 Å². The first-order chi connectivity index (χ1) is 9.63. The van der Waals surface area contributed by atoms with Crippen molar-refractivity contribution in [1.29, 1.82) is 0 Å². The van der Waals surface area contributed by atoms with Crippen molar-refractivity contribution in [1.82, 2.24) is 9.88 Å². The molecule has 1 heterocycles. The maximum Gasteiger partial charge on any atom is 0.253 e. The van der Waals surface area contributed by atoms with E-state index >= 15 is 0 Å². The Kier molecular flexibility index (Phi) is 4.95. The van der Waals surface area contributed by atoms with Gasteiger partial charge in [0.05, 0.1) is 0 Å². The van der Waals surface area contributed by atoms with Crippen molar-refractivity contribution in [3.05, 3.63) is 23.4 Å². The van der Waals surface area contributed by atoms with Gasteiger partial charge in [0.2, 0.25) is 0 Å². The van der Waals surface area contributed by atoms with Gasteiger partial charge in [0, 0.05) is 24.8 Å². The molecular weight excluding hydrogens is 252 g/mol. The SMILES string of the molecule is CCc1cc(C(=O)N(C)CC2CCCC2)cc(NN)n1. The third kappa shape index (κ3) is 3.48. The van der Waals surface area contributed by atoms with E-state index in [9.17, 15) is 4.79 Å². The molecule has 0 unspecified atom stereocenters. The minimum Gasteiger partial charge on any atom is -0.341 e. The van der Waals surface area contributed by atoms with E-state index in [-0.39, 0.29) is 5.91 Å². The second-order valence-corrected chi connectivity index (χ2v) is 5.57. The van der Waals surface area contributed by atoms with Gasteiger partial charge in [-0.1, -0.05) is 19.8 Å². The van der Waals surface area contributed by atoms with Gasteiger partial charge in [-0.15, -0.1) is 0 Å². The monoisotopic (exact) mass is 276 g/mol. The van der Waals surface area contributed by atoms with E-state index in [0.717, 1.165) is 18.7 Å². The summed E-state index contributed by atoms with van der Waals surface area (Å²) in [5, 5.41) is 0. The quantitative estimate of drug-likeness (QED) is 0.639. The number of nitrogens with one attached hydrogen (secondary N) is 1. The number of anilines is 1. The number of rotatable bonds is 5. The summed E-state index contributed by atoms with van der Waals surface area (Å²) in [5.74, 6) is 6.66. The fourth-order valence-electron chi connectivity index (χ4n) is 2.85. The van der Waals surface area contributed by atoms with Crippen molar-refractivity contribution < 1.29 is 4.79 Å². The Labute approximate surface area is 120 Å². The third-order valence-corrected chi connectivity index (χ3v) is 3.99. The largest absolute Gasteiger partial charge is 0.341 e. The molecule has 0 spiro atoms. The molecule has 1 fully saturated rings. The Hall–Kier alpha value is -1.62. The molecule has 0 aliphatic heterocycles. The number of nitrogens with two attached hydrogens (primary N) is 1. The van der Waals surface area contributed by atoms with Gasteiger partial charge in [-0.2, -0.15) is 0 Å². The molecule has 1 amide bonds. The maximum absolute atomic E-state index is 12.5. The Morgan fingerprint density at radius 3 is 2.75 bits per heavy atom. The first-order valence-electron chi connectivity index (χ1n) is 7.37. The number of hydrogen-bond donors (Lipinski definition) is 2. The molecule has 0 atom stereocenters. The number of pyridine rings is 1. The summed E-state index contributed by atoms with van der Waals surface area (Å²) in [7, 11) is 1.88. The lowest BCUT2D eigenvalue weighted by atomic mass is 10.1. The van der Waals surface area contributed by atoms with E-state index in [1.165, 1.54) is 25.7 Å². The van der Waals surface area contributed by atoms with Crippen LogP contribution in [0, 0.1) is 5.92 Å². The molecular formula is C15H24N4O. The molecule has 3 N–H and O–H groups in total. The molecule has 5 heteroatoms. The van der Waals surface area contributed by atoms with Gasteiger partial charge in [0.25, 0.3) is 5.91 Å². The highest BCUT2D eigenvalue weighted by atomic mass is 16.2. The number of carbonyl (C=O) groups is 1. The van der Waals surface area contributed by atoms with Crippen molar-refractivity contribution in [2.45, 2.75) is 39.0 Å². The van der Waals surface area contributed by atoms with Crippen molar-refractivity contribution in [3.63, 3.8) is 0 Å². The predicted octanol–water partition coefficient (Wildman–Crippen LogP) is 2.19. The van der Waals surface area contributed by atoms with Crippen LogP contribution in [0.3, 0.4) is 0 Å². The van der Waals surface area contributed by atoms with E-state index in [1.807, 2.05) is 24.9 Å². The van der Waals surface area contributed by atoms with Crippen LogP contribution in [-0.4, -0.2) is 29.4 Å². The minimum atomic E-state index is 0.0468. The Bertz CT molecular complexity index is 447. The molecule has 0 bridgehead atoms. The molecule has 20 heavy (non-hydrogen) atoms. The Morgan fingerprint density at radius 1 is 1.45 bits per heavy atom. The topological polar surface area (TPSA) is 71.2 Å². The molecule has 110 valence electrons. The fraction of sp³-hybridized carbons (Fsp3) is 0.600. The first kappa shape index (κ1) is 14.8. The van der Waals surface area contributed by atoms with Gasteiger partial charge in [-0.3, -0.25) is 4.79 Å². The summed E-state index contributed by atoms with van der Waals surface area (Å²) < 4.78 is 0. The van der Waals surface area contributed by atoms with Crippen LogP contribution >= 0.6 is 0 Å². The van der Waals surface area contributed by atoms with E-state index < -0.39 is 0 Å². The van der Waals surface area contributed by atoms with Crippen molar-refractivity contribution in [3.8, 4) is 0 Å². The molecule has 0 aromatic carbocycles. The van der Waals surface area contributed by atoms with E-state index in [1.54, 1.807) is 6.07 Å². The zero-order chi connectivity index (χ0) is 14.5. The lowest BCUT2D eigenvalue weighted by molar-refractivity contribution is 0.0773. The number of nitrogen functional groups attached to an aromatic ring is 1. The van der Waals surface area contributed by atoms with E-state index in [2.05, 4.69) is 10.4 Å². The summed E-state index contributed by atoms with van der Waals surface area (Å²) in [6.07, 6.45) is 5.85. The maximum atomic E-state index is 12.5. The van der Waals surface area contributed by atoms with Crippen molar-refractivity contribution >= 4 is 11.7 Å². The van der Waals surface area contributed by atoms with Crippen LogP contribution in [-0.2, 0) is 6.42 Å². The number of hydrazine groups is 1. The number of carbonyl (C=O) groups excluding carboxylic acids is 1. The van der Waals surface area contributed by atoms with Gasteiger partial charge in [0.15, 0.2) is 0 Å². The molecule has 1 saturated carbocycles. The number of nitrogens with zero attached hydrogens (tertiary/aromatic N) is 2. The normalized spacial score (nSPS) is 15.3. The summed E-state index contributed by atoms with van der Waals surface area (Å²) >= 11 is 0. The average molecular weight is 276 g/mol. The summed E-state index contributed by atoms with van der Waals surface area (Å²) in [4.78, 5) is 18.6. The third-order valence-electron chi connectivity index (χ3n) is 3.99. The first-order valence-corrected chi connectivity index (χ1v) is 7.37. The second kappa shape index (κ2) is 6.70. The Balaban J connectivity index is 2.10. The molecule has 0 saturated heterocycles. The molecule has 1 aromatic heterocycles. The lowest BCUT2D eigenvalue weighted by Gasteiger charge is -2.21. The molecule has 2 rings (SSSR count). The van der Waals surface area contributed by atoms with Crippen LogP contribution in [0.2, 0.25) is 0 Å². The Morgan fingerprint density at radius 2 is 2.15 bits per heavy atom. The van der Waals surface area contributed by atoms with Gasteiger partial charge in [-0.05, 0) is 37.3 Å². The fourth-order valence-corrected chi connectivity index (χ4v) is 2.85. The average Bonchev–Trinajstić information content (AvgIpc) is 2.98. The smallest absolute Gasteiger partial charge is 0.253 e. The minimum absolute atomic E-state index is 0.0468. The van der Waals surface area contributed by atoms with Crippen LogP contribution < -0.4 is 11.3 Å². The summed E-state index contributed by atoms with van der Waals surface area (Å²) in [6.45, 7) is 2.85. The van der Waals surface area contributed by atoms with E-state index in [0.29, 0.717) is 17.3 Å². The highest BCUT2D eigenvalue weighted by molar-refractivity contribution is 5.94. The van der Waals surface area contributed by atoms with Gasteiger partial charge < -0.3 is 10.3 Å². The predicted molar refractivity (Wildman–Crippen MR) is 80.3 cm³/mol. The van der Waals surface area contributed by atoms with Crippen molar-refractivity contribution in [2.75, 3.05) is 19.0 Å². The van der Waals surface area contributed by atoms with E-state index in [4.69, 9.17) is 5.84 Å². The molecule has 0 radical (unpaired) electrons. The second-order valence-electron chi connectivity index (χ2n) is 5.57. The van der Waals surface area contributed by atoms with Crippen LogP contribution in [0.4, 0.5) is 5.82 Å². The molecule has 1 aromatic rings. The number of hydrogen-bond acceptors (Lipinski definition) is 4. The molecule has 5 nitrogen and oxygen atoms in total. The highest BCUT2D eigenvalue weighted by Gasteiger charge is 2.20. The van der Waals surface area contributed by atoms with Gasteiger partial charge >= 0.3 is 0 Å². The van der Waals surface area contributed by atoms with Crippen LogP contribution in [0.25, 0.3) is 0 Å². The number of amides is 1. The summed E-state index contributed by atoms with van der Waals surface area (Å²) in [6, 6.07) is 3.57. The highest BCUT2D eigenvalue weighted by Crippen LogP contribution is 2.25. The van der Waals surface area contributed by atoms with Gasteiger partial charge in [-0.25, -0.2) is 10.8 Å². The van der Waals surface area contributed by atoms with Crippen molar-refractivity contribution in [2.24, 2.45) is 11.8 Å². The van der Waals surface area contributed by atoms with Gasteiger partial charge in [0.1, 0.15) is 5.82 Å². The number of aryl methyl sites for hydroxylation is 1. The molecule has 1 aliphatic carbocycles. The zero-order valence-corrected chi connectivity index (χ0v) is 12.4. The molecule has 1 aliphatic rings. The standard InChI is InChI=1S/C15H24N4O/c1-3-13-8-12(9-14(17-13)18-16)15(20)19(2)10-11-6-4-5-7-11/h8-9,11H,3-7,10,16H2,1-2H3,(H,17,18).